The molecule has 2 N–H and O–H groups in total. The van der Waals surface area contributed by atoms with Crippen LogP contribution in [0.2, 0.25) is 0 Å². The van der Waals surface area contributed by atoms with E-state index in [4.69, 9.17) is 19.9 Å². The number of methoxy groups -OCH3 is 3. The Balaban J connectivity index is 1.61. The second-order valence-electron chi connectivity index (χ2n) is 7.63. The topological polar surface area (TPSA) is 77.3 Å². The molecule has 0 radical (unpaired) electrons. The highest BCUT2D eigenvalue weighted by molar-refractivity contribution is 5.79. The minimum absolute atomic E-state index is 0.127. The van der Waals surface area contributed by atoms with E-state index in [1.165, 1.54) is 0 Å². The van der Waals surface area contributed by atoms with Crippen LogP contribution in [0.4, 0.5) is 0 Å². The van der Waals surface area contributed by atoms with Gasteiger partial charge in [0.15, 0.2) is 11.5 Å². The molecule has 28 heavy (non-hydrogen) atoms. The quantitative estimate of drug-likeness (QED) is 0.763. The fourth-order valence-electron chi connectivity index (χ4n) is 4.53. The molecule has 2 aliphatic rings. The standard InChI is InChI=1S/C21H33N3O4/c1-26-18-8-7-16(19(27-2)20(18)28-3)14-23-9-11-24(12-10-23)21(25)17-6-4-5-15(17)13-22/h7-8,15,17H,4-6,9-14,22H2,1-3H3/t15-,17-/m1/s1. The van der Waals surface area contributed by atoms with Crippen LogP contribution in [0.1, 0.15) is 24.8 Å². The van der Waals surface area contributed by atoms with Crippen molar-refractivity contribution in [3.63, 3.8) is 0 Å². The van der Waals surface area contributed by atoms with Crippen LogP contribution in [0.5, 0.6) is 17.2 Å². The number of ether oxygens (including phenoxy) is 3. The second kappa shape index (κ2) is 9.47. The van der Waals surface area contributed by atoms with Crippen LogP contribution in [0.15, 0.2) is 12.1 Å². The molecule has 1 aromatic rings. The van der Waals surface area contributed by atoms with Crippen molar-refractivity contribution >= 4 is 5.91 Å². The van der Waals surface area contributed by atoms with Gasteiger partial charge in [-0.05, 0) is 31.4 Å². The molecule has 156 valence electrons. The number of rotatable bonds is 7. The number of amides is 1. The summed E-state index contributed by atoms with van der Waals surface area (Å²) >= 11 is 0. The lowest BCUT2D eigenvalue weighted by atomic mass is 9.94. The summed E-state index contributed by atoms with van der Waals surface area (Å²) in [4.78, 5) is 17.3. The third kappa shape index (κ3) is 4.20. The van der Waals surface area contributed by atoms with Crippen molar-refractivity contribution in [1.29, 1.82) is 0 Å². The Labute approximate surface area is 167 Å². The van der Waals surface area contributed by atoms with Crippen molar-refractivity contribution in [2.24, 2.45) is 17.6 Å². The monoisotopic (exact) mass is 391 g/mol. The first-order chi connectivity index (χ1) is 13.6. The number of nitrogens with two attached hydrogens (primary N) is 1. The zero-order valence-corrected chi connectivity index (χ0v) is 17.3. The van der Waals surface area contributed by atoms with Gasteiger partial charge in [-0.1, -0.05) is 12.5 Å². The van der Waals surface area contributed by atoms with Crippen LogP contribution in [0.25, 0.3) is 0 Å². The summed E-state index contributed by atoms with van der Waals surface area (Å²) in [5.41, 5.74) is 6.92. The van der Waals surface area contributed by atoms with E-state index in [1.54, 1.807) is 21.3 Å². The maximum atomic E-state index is 12.9. The van der Waals surface area contributed by atoms with E-state index in [0.717, 1.165) is 57.5 Å². The lowest BCUT2D eigenvalue weighted by molar-refractivity contribution is -0.138. The van der Waals surface area contributed by atoms with Gasteiger partial charge in [-0.2, -0.15) is 0 Å². The molecular weight excluding hydrogens is 358 g/mol. The highest BCUT2D eigenvalue weighted by Gasteiger charge is 2.35. The average molecular weight is 392 g/mol. The zero-order chi connectivity index (χ0) is 20.1. The van der Waals surface area contributed by atoms with E-state index in [1.807, 2.05) is 17.0 Å². The lowest BCUT2D eigenvalue weighted by Gasteiger charge is -2.37. The van der Waals surface area contributed by atoms with Gasteiger partial charge in [-0.3, -0.25) is 9.69 Å². The molecule has 0 spiro atoms. The highest BCUT2D eigenvalue weighted by atomic mass is 16.5. The van der Waals surface area contributed by atoms with E-state index in [9.17, 15) is 4.79 Å². The molecule has 1 heterocycles. The summed E-state index contributed by atoms with van der Waals surface area (Å²) in [7, 11) is 4.88. The first kappa shape index (κ1) is 20.7. The molecule has 0 aromatic heterocycles. The van der Waals surface area contributed by atoms with E-state index in [-0.39, 0.29) is 5.92 Å². The molecule has 7 nitrogen and oxygen atoms in total. The van der Waals surface area contributed by atoms with Crippen LogP contribution in [0.3, 0.4) is 0 Å². The third-order valence-corrected chi connectivity index (χ3v) is 6.14. The molecule has 1 saturated heterocycles. The number of carbonyl (C=O) groups excluding carboxylic acids is 1. The van der Waals surface area contributed by atoms with Crippen molar-refractivity contribution in [3.05, 3.63) is 17.7 Å². The fourth-order valence-corrected chi connectivity index (χ4v) is 4.53. The first-order valence-corrected chi connectivity index (χ1v) is 10.1. The average Bonchev–Trinajstić information content (AvgIpc) is 3.22. The molecule has 2 fully saturated rings. The molecule has 1 amide bonds. The summed E-state index contributed by atoms with van der Waals surface area (Å²) in [6.07, 6.45) is 3.20. The van der Waals surface area contributed by atoms with Gasteiger partial charge < -0.3 is 24.8 Å². The SMILES string of the molecule is COc1ccc(CN2CCN(C(=O)[C@@H]3CCC[C@@H]3CN)CC2)c(OC)c1OC. The maximum absolute atomic E-state index is 12.9. The Kier molecular flexibility index (Phi) is 7.02. The van der Waals surface area contributed by atoms with Crippen LogP contribution in [-0.4, -0.2) is 69.8 Å². The number of nitrogens with zero attached hydrogens (tertiary/aromatic N) is 2. The van der Waals surface area contributed by atoms with Crippen molar-refractivity contribution in [3.8, 4) is 17.2 Å². The molecule has 7 heteroatoms. The maximum Gasteiger partial charge on any atom is 0.226 e. The molecule has 0 unspecified atom stereocenters. The molecule has 1 aromatic carbocycles. The molecule has 1 saturated carbocycles. The number of carbonyl (C=O) groups is 1. The van der Waals surface area contributed by atoms with Gasteiger partial charge >= 0.3 is 0 Å². The Morgan fingerprint density at radius 2 is 1.75 bits per heavy atom. The minimum atomic E-state index is 0.127. The molecular formula is C21H33N3O4. The Bertz CT molecular complexity index is 674. The highest BCUT2D eigenvalue weighted by Crippen LogP contribution is 2.40. The van der Waals surface area contributed by atoms with Gasteiger partial charge in [0.2, 0.25) is 11.7 Å². The van der Waals surface area contributed by atoms with Crippen LogP contribution in [0, 0.1) is 11.8 Å². The summed E-state index contributed by atoms with van der Waals surface area (Å²) in [5, 5.41) is 0. The normalized spacial score (nSPS) is 22.9. The Morgan fingerprint density at radius 1 is 1.04 bits per heavy atom. The van der Waals surface area contributed by atoms with Crippen molar-refractivity contribution in [2.45, 2.75) is 25.8 Å². The zero-order valence-electron chi connectivity index (χ0n) is 17.3. The van der Waals surface area contributed by atoms with Gasteiger partial charge in [0, 0.05) is 44.2 Å². The van der Waals surface area contributed by atoms with Crippen LogP contribution < -0.4 is 19.9 Å². The Morgan fingerprint density at radius 3 is 2.36 bits per heavy atom. The molecule has 3 rings (SSSR count). The minimum Gasteiger partial charge on any atom is -0.493 e. The predicted octanol–water partition coefficient (Wildman–Crippen LogP) is 1.73. The van der Waals surface area contributed by atoms with Gasteiger partial charge in [0.25, 0.3) is 0 Å². The largest absolute Gasteiger partial charge is 0.493 e. The van der Waals surface area contributed by atoms with Gasteiger partial charge in [0.1, 0.15) is 0 Å². The summed E-state index contributed by atoms with van der Waals surface area (Å²) in [6.45, 7) is 4.60. The van der Waals surface area contributed by atoms with E-state index >= 15 is 0 Å². The molecule has 2 atom stereocenters. The third-order valence-electron chi connectivity index (χ3n) is 6.14. The number of piperazine rings is 1. The van der Waals surface area contributed by atoms with Gasteiger partial charge in [-0.15, -0.1) is 0 Å². The van der Waals surface area contributed by atoms with E-state index in [2.05, 4.69) is 4.90 Å². The molecule has 0 bridgehead atoms. The van der Waals surface area contributed by atoms with Crippen molar-refractivity contribution in [1.82, 2.24) is 9.80 Å². The first-order valence-electron chi connectivity index (χ1n) is 10.1. The predicted molar refractivity (Wildman–Crippen MR) is 108 cm³/mol. The number of benzene rings is 1. The van der Waals surface area contributed by atoms with Crippen LogP contribution >= 0.6 is 0 Å². The summed E-state index contributed by atoms with van der Waals surface area (Å²) < 4.78 is 16.4. The van der Waals surface area contributed by atoms with Crippen LogP contribution in [-0.2, 0) is 11.3 Å². The van der Waals surface area contributed by atoms with E-state index in [0.29, 0.717) is 35.6 Å². The van der Waals surface area contributed by atoms with Crippen molar-refractivity contribution in [2.75, 3.05) is 54.1 Å². The van der Waals surface area contributed by atoms with E-state index < -0.39 is 0 Å². The number of hydrogen-bond donors (Lipinski definition) is 1. The fraction of sp³-hybridized carbons (Fsp3) is 0.667. The molecule has 1 aliphatic carbocycles. The smallest absolute Gasteiger partial charge is 0.226 e. The summed E-state index contributed by atoms with van der Waals surface area (Å²) in [5.74, 6) is 2.77. The summed E-state index contributed by atoms with van der Waals surface area (Å²) in [6, 6.07) is 3.92. The van der Waals surface area contributed by atoms with Gasteiger partial charge in [-0.25, -0.2) is 0 Å². The second-order valence-corrected chi connectivity index (χ2v) is 7.63. The lowest BCUT2D eigenvalue weighted by Crippen LogP contribution is -2.50. The molecule has 1 aliphatic heterocycles. The van der Waals surface area contributed by atoms with Gasteiger partial charge in [0.05, 0.1) is 21.3 Å². The Hall–Kier alpha value is -1.99. The number of hydrogen-bond acceptors (Lipinski definition) is 6. The van der Waals surface area contributed by atoms with Crippen molar-refractivity contribution < 1.29 is 19.0 Å².